The highest BCUT2D eigenvalue weighted by Gasteiger charge is 2.20. The van der Waals surface area contributed by atoms with Crippen LogP contribution in [0.4, 0.5) is 0 Å². The Labute approximate surface area is 117 Å². The van der Waals surface area contributed by atoms with Gasteiger partial charge in [0.05, 0.1) is 6.61 Å². The van der Waals surface area contributed by atoms with E-state index in [1.165, 1.54) is 29.5 Å². The molecule has 1 aromatic rings. The zero-order valence-electron chi connectivity index (χ0n) is 12.8. The summed E-state index contributed by atoms with van der Waals surface area (Å²) < 4.78 is 5.95. The molecule has 0 amide bonds. The molecule has 2 nitrogen and oxygen atoms in total. The molecule has 1 fully saturated rings. The third-order valence-electron chi connectivity index (χ3n) is 3.63. The van der Waals surface area contributed by atoms with Crippen molar-refractivity contribution in [2.75, 3.05) is 6.61 Å². The first-order chi connectivity index (χ1) is 9.06. The molecule has 2 heteroatoms. The van der Waals surface area contributed by atoms with E-state index >= 15 is 0 Å². The van der Waals surface area contributed by atoms with Crippen molar-refractivity contribution in [2.24, 2.45) is 5.92 Å². The van der Waals surface area contributed by atoms with Gasteiger partial charge in [-0.25, -0.2) is 0 Å². The van der Waals surface area contributed by atoms with Crippen LogP contribution < -0.4 is 10.1 Å². The van der Waals surface area contributed by atoms with Crippen molar-refractivity contribution in [3.8, 4) is 5.75 Å². The van der Waals surface area contributed by atoms with Crippen LogP contribution in [0.1, 0.15) is 49.8 Å². The molecule has 0 atom stereocenters. The second kappa shape index (κ2) is 6.42. The normalized spacial score (nSPS) is 15.0. The summed E-state index contributed by atoms with van der Waals surface area (Å²) in [5.41, 5.74) is 3.89. The Morgan fingerprint density at radius 3 is 2.37 bits per heavy atom. The van der Waals surface area contributed by atoms with Crippen LogP contribution in [0.15, 0.2) is 12.1 Å². The van der Waals surface area contributed by atoms with Crippen LogP contribution in [0, 0.1) is 19.8 Å². The summed E-state index contributed by atoms with van der Waals surface area (Å²) in [6.07, 6.45) is 3.80. The lowest BCUT2D eigenvalue weighted by Gasteiger charge is -2.15. The largest absolute Gasteiger partial charge is 0.493 e. The summed E-state index contributed by atoms with van der Waals surface area (Å²) in [5, 5.41) is 3.56. The van der Waals surface area contributed by atoms with Crippen LogP contribution >= 0.6 is 0 Å². The predicted molar refractivity (Wildman–Crippen MR) is 80.7 cm³/mol. The lowest BCUT2D eigenvalue weighted by atomic mass is 10.1. The molecule has 106 valence electrons. The van der Waals surface area contributed by atoms with Crippen LogP contribution in [0.25, 0.3) is 0 Å². The van der Waals surface area contributed by atoms with Crippen molar-refractivity contribution in [1.29, 1.82) is 0 Å². The maximum Gasteiger partial charge on any atom is 0.125 e. The molecule has 0 bridgehead atoms. The van der Waals surface area contributed by atoms with E-state index in [-0.39, 0.29) is 0 Å². The first-order valence-corrected chi connectivity index (χ1v) is 7.52. The van der Waals surface area contributed by atoms with Gasteiger partial charge in [-0.15, -0.1) is 0 Å². The summed E-state index contributed by atoms with van der Waals surface area (Å²) in [7, 11) is 0. The molecule has 1 aliphatic rings. The Kier molecular flexibility index (Phi) is 4.87. The Hall–Kier alpha value is -1.02. The van der Waals surface area contributed by atoms with Gasteiger partial charge in [0.1, 0.15) is 5.75 Å². The Balaban J connectivity index is 1.94. The van der Waals surface area contributed by atoms with E-state index in [0.29, 0.717) is 5.92 Å². The second-order valence-corrected chi connectivity index (χ2v) is 6.24. The number of aryl methyl sites for hydroxylation is 2. The molecule has 0 aliphatic heterocycles. The molecule has 1 N–H and O–H groups in total. The minimum Gasteiger partial charge on any atom is -0.493 e. The highest BCUT2D eigenvalue weighted by atomic mass is 16.5. The maximum absolute atomic E-state index is 5.95. The quantitative estimate of drug-likeness (QED) is 0.801. The monoisotopic (exact) mass is 261 g/mol. The molecule has 0 aromatic heterocycles. The molecular formula is C17H27NO. The van der Waals surface area contributed by atoms with Crippen molar-refractivity contribution >= 4 is 0 Å². The van der Waals surface area contributed by atoms with Crippen LogP contribution in [0.2, 0.25) is 0 Å². The number of hydrogen-bond donors (Lipinski definition) is 1. The molecule has 0 saturated heterocycles. The molecule has 0 spiro atoms. The van der Waals surface area contributed by atoms with Gasteiger partial charge in [-0.3, -0.25) is 0 Å². The summed E-state index contributed by atoms with van der Waals surface area (Å²) in [4.78, 5) is 0. The van der Waals surface area contributed by atoms with Gasteiger partial charge in [-0.2, -0.15) is 0 Å². The third kappa shape index (κ3) is 4.54. The average molecular weight is 261 g/mol. The van der Waals surface area contributed by atoms with E-state index in [9.17, 15) is 0 Å². The van der Waals surface area contributed by atoms with E-state index in [4.69, 9.17) is 4.74 Å². The zero-order valence-corrected chi connectivity index (χ0v) is 12.8. The molecule has 19 heavy (non-hydrogen) atoms. The SMILES string of the molecule is Cc1cc(CNC2CC2)cc(C)c1OCCC(C)C. The lowest BCUT2D eigenvalue weighted by Crippen LogP contribution is -2.15. The van der Waals surface area contributed by atoms with Gasteiger partial charge < -0.3 is 10.1 Å². The van der Waals surface area contributed by atoms with Gasteiger partial charge in [-0.1, -0.05) is 26.0 Å². The van der Waals surface area contributed by atoms with Crippen molar-refractivity contribution < 1.29 is 4.74 Å². The lowest BCUT2D eigenvalue weighted by molar-refractivity contribution is 0.286. The first-order valence-electron chi connectivity index (χ1n) is 7.52. The number of ether oxygens (including phenoxy) is 1. The van der Waals surface area contributed by atoms with E-state index in [2.05, 4.69) is 45.1 Å². The number of benzene rings is 1. The van der Waals surface area contributed by atoms with E-state index in [0.717, 1.165) is 31.4 Å². The number of rotatable bonds is 7. The number of nitrogens with one attached hydrogen (secondary N) is 1. The summed E-state index contributed by atoms with van der Waals surface area (Å²) in [6.45, 7) is 10.6. The third-order valence-corrected chi connectivity index (χ3v) is 3.63. The van der Waals surface area contributed by atoms with Crippen molar-refractivity contribution in [2.45, 2.75) is 59.5 Å². The van der Waals surface area contributed by atoms with E-state index in [1.54, 1.807) is 0 Å². The number of hydrogen-bond acceptors (Lipinski definition) is 2. The standard InChI is InChI=1S/C17H27NO/c1-12(2)7-8-19-17-13(3)9-15(10-14(17)4)11-18-16-5-6-16/h9-10,12,16,18H,5-8,11H2,1-4H3. The predicted octanol–water partition coefficient (Wildman–Crippen LogP) is 3.98. The molecule has 1 aromatic carbocycles. The Bertz CT molecular complexity index is 398. The van der Waals surface area contributed by atoms with Gasteiger partial charge in [-0.05, 0) is 55.7 Å². The van der Waals surface area contributed by atoms with Crippen LogP contribution in [0.5, 0.6) is 5.75 Å². The fourth-order valence-corrected chi connectivity index (χ4v) is 2.32. The second-order valence-electron chi connectivity index (χ2n) is 6.24. The molecule has 1 aliphatic carbocycles. The highest BCUT2D eigenvalue weighted by Crippen LogP contribution is 2.26. The fraction of sp³-hybridized carbons (Fsp3) is 0.647. The van der Waals surface area contributed by atoms with Crippen LogP contribution in [0.3, 0.4) is 0 Å². The van der Waals surface area contributed by atoms with Gasteiger partial charge in [0.25, 0.3) is 0 Å². The molecule has 2 rings (SSSR count). The minimum atomic E-state index is 0.697. The van der Waals surface area contributed by atoms with Crippen molar-refractivity contribution in [1.82, 2.24) is 5.32 Å². The van der Waals surface area contributed by atoms with Crippen LogP contribution in [-0.2, 0) is 6.54 Å². The Morgan fingerprint density at radius 2 is 1.84 bits per heavy atom. The molecule has 0 heterocycles. The van der Waals surface area contributed by atoms with Crippen molar-refractivity contribution in [3.63, 3.8) is 0 Å². The van der Waals surface area contributed by atoms with E-state index in [1.807, 2.05) is 0 Å². The van der Waals surface area contributed by atoms with Gasteiger partial charge in [0, 0.05) is 12.6 Å². The summed E-state index contributed by atoms with van der Waals surface area (Å²) in [6, 6.07) is 5.28. The summed E-state index contributed by atoms with van der Waals surface area (Å²) >= 11 is 0. The van der Waals surface area contributed by atoms with Gasteiger partial charge in [0.2, 0.25) is 0 Å². The molecular weight excluding hydrogens is 234 g/mol. The summed E-state index contributed by atoms with van der Waals surface area (Å²) in [5.74, 6) is 1.78. The molecule has 1 saturated carbocycles. The molecule has 0 radical (unpaired) electrons. The molecule has 0 unspecified atom stereocenters. The van der Waals surface area contributed by atoms with Gasteiger partial charge in [0.15, 0.2) is 0 Å². The van der Waals surface area contributed by atoms with Crippen molar-refractivity contribution in [3.05, 3.63) is 28.8 Å². The zero-order chi connectivity index (χ0) is 13.8. The maximum atomic E-state index is 5.95. The smallest absolute Gasteiger partial charge is 0.125 e. The highest BCUT2D eigenvalue weighted by molar-refractivity contribution is 5.43. The fourth-order valence-electron chi connectivity index (χ4n) is 2.32. The van der Waals surface area contributed by atoms with Gasteiger partial charge >= 0.3 is 0 Å². The first kappa shape index (κ1) is 14.4. The average Bonchev–Trinajstić information content (AvgIpc) is 3.13. The Morgan fingerprint density at radius 1 is 1.21 bits per heavy atom. The minimum absolute atomic E-state index is 0.697. The van der Waals surface area contributed by atoms with Crippen LogP contribution in [-0.4, -0.2) is 12.6 Å². The topological polar surface area (TPSA) is 21.3 Å². The van der Waals surface area contributed by atoms with E-state index < -0.39 is 0 Å².